The zero-order chi connectivity index (χ0) is 22.8. The van der Waals surface area contributed by atoms with Gasteiger partial charge in [-0.1, -0.05) is 30.3 Å². The van der Waals surface area contributed by atoms with Gasteiger partial charge in [0.25, 0.3) is 11.6 Å². The predicted molar refractivity (Wildman–Crippen MR) is 109 cm³/mol. The Hall–Kier alpha value is -3.01. The van der Waals surface area contributed by atoms with Crippen LogP contribution in [0.3, 0.4) is 0 Å². The number of benzene rings is 1. The summed E-state index contributed by atoms with van der Waals surface area (Å²) in [5, 5.41) is 6.49. The normalized spacial score (nSPS) is 13.0. The largest absolute Gasteiger partial charge is 0.453 e. The first kappa shape index (κ1) is 22.7. The van der Waals surface area contributed by atoms with Crippen LogP contribution in [-0.4, -0.2) is 51.0 Å². The summed E-state index contributed by atoms with van der Waals surface area (Å²) in [4.78, 5) is 22.1. The lowest BCUT2D eigenvalue weighted by molar-refractivity contribution is -0.144. The molecule has 0 radical (unpaired) electrons. The van der Waals surface area contributed by atoms with Gasteiger partial charge in [0.05, 0.1) is 6.04 Å². The maximum atomic E-state index is 12.9. The van der Waals surface area contributed by atoms with Crippen molar-refractivity contribution in [3.05, 3.63) is 58.7 Å². The molecule has 0 unspecified atom stereocenters. The molecule has 3 aromatic rings. The van der Waals surface area contributed by atoms with Gasteiger partial charge >= 0.3 is 6.18 Å². The van der Waals surface area contributed by atoms with Crippen molar-refractivity contribution in [1.82, 2.24) is 29.8 Å². The molecule has 1 aromatic carbocycles. The summed E-state index contributed by atoms with van der Waals surface area (Å²) in [6, 6.07) is 9.91. The number of amides is 1. The van der Waals surface area contributed by atoms with E-state index in [4.69, 9.17) is 0 Å². The van der Waals surface area contributed by atoms with Crippen LogP contribution in [0.2, 0.25) is 0 Å². The van der Waals surface area contributed by atoms with Gasteiger partial charge in [-0.15, -0.1) is 5.10 Å². The number of carbonyl (C=O) groups excluding carboxylic acids is 1. The molecule has 0 fully saturated rings. The highest BCUT2D eigenvalue weighted by Crippen LogP contribution is 2.27. The summed E-state index contributed by atoms with van der Waals surface area (Å²) in [7, 11) is 3.90. The van der Waals surface area contributed by atoms with E-state index in [1.807, 2.05) is 49.3 Å². The van der Waals surface area contributed by atoms with Crippen molar-refractivity contribution in [3.8, 4) is 0 Å². The van der Waals surface area contributed by atoms with E-state index in [9.17, 15) is 18.0 Å². The summed E-state index contributed by atoms with van der Waals surface area (Å²) < 4.78 is 39.8. The highest BCUT2D eigenvalue weighted by molar-refractivity contribution is 5.76. The number of carbonyl (C=O) groups is 1. The van der Waals surface area contributed by atoms with Crippen molar-refractivity contribution in [3.63, 3.8) is 0 Å². The third kappa shape index (κ3) is 5.19. The first-order chi connectivity index (χ1) is 14.6. The Morgan fingerprint density at radius 2 is 1.84 bits per heavy atom. The molecule has 0 saturated carbocycles. The van der Waals surface area contributed by atoms with Gasteiger partial charge < -0.3 is 10.2 Å². The fourth-order valence-corrected chi connectivity index (χ4v) is 3.50. The molecule has 0 aliphatic heterocycles. The van der Waals surface area contributed by atoms with Crippen LogP contribution in [0, 0.1) is 13.8 Å². The van der Waals surface area contributed by atoms with Crippen LogP contribution in [0.1, 0.15) is 40.8 Å². The first-order valence-corrected chi connectivity index (χ1v) is 9.86. The molecule has 0 bridgehead atoms. The average Bonchev–Trinajstić information content (AvgIpc) is 3.13. The SMILES string of the molecule is Cc1nc2nc(C(F)(F)F)nn2c(C)c1CCC(=O)NC[C@H](c1ccccc1)N(C)C. The molecule has 1 atom stereocenters. The number of fused-ring (bicyclic) bond motifs is 1. The summed E-state index contributed by atoms with van der Waals surface area (Å²) in [6.07, 6.45) is -4.12. The molecule has 1 N–H and O–H groups in total. The van der Waals surface area contributed by atoms with Crippen LogP contribution in [0.25, 0.3) is 5.78 Å². The number of rotatable bonds is 7. The Kier molecular flexibility index (Phi) is 6.59. The highest BCUT2D eigenvalue weighted by atomic mass is 19.4. The Balaban J connectivity index is 1.68. The highest BCUT2D eigenvalue weighted by Gasteiger charge is 2.37. The van der Waals surface area contributed by atoms with Crippen molar-refractivity contribution >= 4 is 11.7 Å². The van der Waals surface area contributed by atoms with Gasteiger partial charge in [0.1, 0.15) is 0 Å². The van der Waals surface area contributed by atoms with Gasteiger partial charge in [0, 0.05) is 24.4 Å². The Morgan fingerprint density at radius 1 is 1.16 bits per heavy atom. The quantitative estimate of drug-likeness (QED) is 0.619. The number of aromatic nitrogens is 4. The van der Waals surface area contributed by atoms with Gasteiger partial charge in [-0.25, -0.2) is 9.50 Å². The van der Waals surface area contributed by atoms with Crippen molar-refractivity contribution < 1.29 is 18.0 Å². The molecule has 0 aliphatic carbocycles. The maximum Gasteiger partial charge on any atom is 0.453 e. The standard InChI is InChI=1S/C21H25F3N6O/c1-13-16(14(2)30-20(26-13)27-19(28-30)21(22,23)24)10-11-18(31)25-12-17(29(3)4)15-8-6-5-7-9-15/h5-9,17H,10-12H2,1-4H3,(H,25,31)/t17-/m1/s1. The van der Waals surface area contributed by atoms with E-state index in [2.05, 4.69) is 20.4 Å². The van der Waals surface area contributed by atoms with Crippen molar-refractivity contribution in [1.29, 1.82) is 0 Å². The smallest absolute Gasteiger partial charge is 0.354 e. The Labute approximate surface area is 178 Å². The number of hydrogen-bond donors (Lipinski definition) is 1. The molecule has 1 amide bonds. The molecule has 2 heterocycles. The fourth-order valence-electron chi connectivity index (χ4n) is 3.50. The van der Waals surface area contributed by atoms with Gasteiger partial charge in [0.15, 0.2) is 0 Å². The second-order valence-electron chi connectivity index (χ2n) is 7.60. The monoisotopic (exact) mass is 434 g/mol. The Bertz CT molecular complexity index is 1060. The van der Waals surface area contributed by atoms with Crippen LogP contribution in [0.15, 0.2) is 30.3 Å². The number of nitrogens with zero attached hydrogens (tertiary/aromatic N) is 5. The van der Waals surface area contributed by atoms with Crippen molar-refractivity contribution in [2.75, 3.05) is 20.6 Å². The molecular formula is C21H25F3N6O. The van der Waals surface area contributed by atoms with E-state index in [0.29, 0.717) is 29.9 Å². The Morgan fingerprint density at radius 3 is 2.45 bits per heavy atom. The van der Waals surface area contributed by atoms with E-state index < -0.39 is 12.0 Å². The minimum atomic E-state index is -4.64. The lowest BCUT2D eigenvalue weighted by Gasteiger charge is -2.25. The molecule has 10 heteroatoms. The van der Waals surface area contributed by atoms with E-state index >= 15 is 0 Å². The molecule has 166 valence electrons. The van der Waals surface area contributed by atoms with Crippen LogP contribution in [0.4, 0.5) is 13.2 Å². The van der Waals surface area contributed by atoms with Crippen LogP contribution in [0.5, 0.6) is 0 Å². The molecule has 3 rings (SSSR count). The van der Waals surface area contributed by atoms with Gasteiger partial charge in [-0.05, 0) is 45.5 Å². The molecule has 7 nitrogen and oxygen atoms in total. The van der Waals surface area contributed by atoms with Crippen LogP contribution < -0.4 is 5.32 Å². The minimum Gasteiger partial charge on any atom is -0.354 e. The molecule has 31 heavy (non-hydrogen) atoms. The summed E-state index contributed by atoms with van der Waals surface area (Å²) in [6.45, 7) is 3.80. The lowest BCUT2D eigenvalue weighted by atomic mass is 10.0. The second-order valence-corrected chi connectivity index (χ2v) is 7.60. The van der Waals surface area contributed by atoms with E-state index in [1.54, 1.807) is 13.8 Å². The number of aryl methyl sites for hydroxylation is 2. The van der Waals surface area contributed by atoms with Gasteiger partial charge in [-0.2, -0.15) is 18.2 Å². The topological polar surface area (TPSA) is 75.4 Å². The first-order valence-electron chi connectivity index (χ1n) is 9.86. The summed E-state index contributed by atoms with van der Waals surface area (Å²) >= 11 is 0. The summed E-state index contributed by atoms with van der Waals surface area (Å²) in [5.74, 6) is -1.48. The van der Waals surface area contributed by atoms with Crippen molar-refractivity contribution in [2.45, 2.75) is 38.9 Å². The lowest BCUT2D eigenvalue weighted by Crippen LogP contribution is -2.34. The maximum absolute atomic E-state index is 12.9. The fraction of sp³-hybridized carbons (Fsp3) is 0.429. The molecule has 0 saturated heterocycles. The molecule has 0 spiro atoms. The van der Waals surface area contributed by atoms with Gasteiger partial charge in [0.2, 0.25) is 5.91 Å². The molecule has 2 aromatic heterocycles. The number of likely N-dealkylation sites (N-methyl/N-ethyl adjacent to an activating group) is 1. The number of alkyl halides is 3. The molecular weight excluding hydrogens is 409 g/mol. The third-order valence-corrected chi connectivity index (χ3v) is 5.20. The van der Waals surface area contributed by atoms with E-state index in [1.165, 1.54) is 0 Å². The number of nitrogens with one attached hydrogen (secondary N) is 1. The van der Waals surface area contributed by atoms with Crippen molar-refractivity contribution in [2.24, 2.45) is 0 Å². The van der Waals surface area contributed by atoms with Crippen LogP contribution >= 0.6 is 0 Å². The predicted octanol–water partition coefficient (Wildman–Crippen LogP) is 3.11. The summed E-state index contributed by atoms with van der Waals surface area (Å²) in [5.41, 5.74) is 2.82. The number of hydrogen-bond acceptors (Lipinski definition) is 5. The minimum absolute atomic E-state index is 0.0302. The average molecular weight is 434 g/mol. The van der Waals surface area contributed by atoms with Gasteiger partial charge in [-0.3, -0.25) is 4.79 Å². The van der Waals surface area contributed by atoms with Crippen LogP contribution in [-0.2, 0) is 17.4 Å². The zero-order valence-corrected chi connectivity index (χ0v) is 17.9. The van der Waals surface area contributed by atoms with E-state index in [0.717, 1.165) is 10.1 Å². The number of halogens is 3. The zero-order valence-electron chi connectivity index (χ0n) is 17.9. The third-order valence-electron chi connectivity index (χ3n) is 5.20. The van der Waals surface area contributed by atoms with E-state index in [-0.39, 0.29) is 24.1 Å². The second kappa shape index (κ2) is 9.01. The molecule has 0 aliphatic rings.